The first kappa shape index (κ1) is 15.5. The lowest BCUT2D eigenvalue weighted by Gasteiger charge is -2.29. The van der Waals surface area contributed by atoms with Crippen LogP contribution in [-0.4, -0.2) is 42.1 Å². The summed E-state index contributed by atoms with van der Waals surface area (Å²) in [6, 6.07) is 7.26. The second-order valence-corrected chi connectivity index (χ2v) is 4.38. The molecular formula is C14H17N3O3. The van der Waals surface area contributed by atoms with Crippen molar-refractivity contribution in [2.45, 2.75) is 19.4 Å². The van der Waals surface area contributed by atoms with Gasteiger partial charge in [-0.25, -0.2) is 9.59 Å². The SMILES string of the molecule is CCC(C(=O)O)N(C)C(=O)N(C)c1cccc(C#N)c1. The average Bonchev–Trinajstić information content (AvgIpc) is 2.45. The van der Waals surface area contributed by atoms with E-state index in [1.165, 1.54) is 16.8 Å². The average molecular weight is 275 g/mol. The van der Waals surface area contributed by atoms with E-state index in [1.807, 2.05) is 6.07 Å². The van der Waals surface area contributed by atoms with Crippen molar-refractivity contribution in [1.82, 2.24) is 4.90 Å². The number of likely N-dealkylation sites (N-methyl/N-ethyl adjacent to an activating group) is 1. The molecule has 6 heteroatoms. The van der Waals surface area contributed by atoms with Crippen LogP contribution in [0, 0.1) is 11.3 Å². The molecule has 1 rings (SSSR count). The van der Waals surface area contributed by atoms with Gasteiger partial charge in [0.05, 0.1) is 11.6 Å². The molecule has 1 aromatic carbocycles. The molecule has 0 aromatic heterocycles. The first-order valence-corrected chi connectivity index (χ1v) is 6.15. The van der Waals surface area contributed by atoms with Crippen molar-refractivity contribution in [3.8, 4) is 6.07 Å². The standard InChI is InChI=1S/C14H17N3O3/c1-4-12(13(18)19)17(3)14(20)16(2)11-7-5-6-10(8-11)9-15/h5-8,12H,4H2,1-3H3,(H,18,19). The zero-order valence-electron chi connectivity index (χ0n) is 11.7. The molecule has 0 spiro atoms. The van der Waals surface area contributed by atoms with Gasteiger partial charge in [-0.15, -0.1) is 0 Å². The Morgan fingerprint density at radius 1 is 1.40 bits per heavy atom. The Balaban J connectivity index is 2.96. The third kappa shape index (κ3) is 3.26. The first-order chi connectivity index (χ1) is 9.42. The summed E-state index contributed by atoms with van der Waals surface area (Å²) in [5.74, 6) is -1.04. The molecule has 1 N–H and O–H groups in total. The highest BCUT2D eigenvalue weighted by Crippen LogP contribution is 2.17. The fourth-order valence-electron chi connectivity index (χ4n) is 1.88. The van der Waals surface area contributed by atoms with Gasteiger partial charge < -0.3 is 10.0 Å². The van der Waals surface area contributed by atoms with Crippen molar-refractivity contribution in [2.75, 3.05) is 19.0 Å². The van der Waals surface area contributed by atoms with Crippen LogP contribution >= 0.6 is 0 Å². The molecule has 0 aliphatic rings. The minimum Gasteiger partial charge on any atom is -0.480 e. The van der Waals surface area contributed by atoms with Crippen molar-refractivity contribution in [1.29, 1.82) is 5.26 Å². The van der Waals surface area contributed by atoms with Crippen LogP contribution in [-0.2, 0) is 4.79 Å². The van der Waals surface area contributed by atoms with Crippen LogP contribution in [0.1, 0.15) is 18.9 Å². The van der Waals surface area contributed by atoms with E-state index >= 15 is 0 Å². The quantitative estimate of drug-likeness (QED) is 0.909. The maximum absolute atomic E-state index is 12.3. The third-order valence-electron chi connectivity index (χ3n) is 3.09. The molecule has 0 aliphatic heterocycles. The van der Waals surface area contributed by atoms with Crippen LogP contribution in [0.4, 0.5) is 10.5 Å². The lowest BCUT2D eigenvalue weighted by molar-refractivity contribution is -0.141. The summed E-state index contributed by atoms with van der Waals surface area (Å²) in [6.45, 7) is 1.71. The minimum absolute atomic E-state index is 0.323. The van der Waals surface area contributed by atoms with Gasteiger partial charge in [-0.3, -0.25) is 4.90 Å². The monoisotopic (exact) mass is 275 g/mol. The summed E-state index contributed by atoms with van der Waals surface area (Å²) in [5.41, 5.74) is 0.983. The Kier molecular flexibility index (Phi) is 5.09. The molecule has 0 radical (unpaired) electrons. The summed E-state index contributed by atoms with van der Waals surface area (Å²) >= 11 is 0. The molecule has 0 bridgehead atoms. The highest BCUT2D eigenvalue weighted by atomic mass is 16.4. The number of anilines is 1. The molecule has 1 aromatic rings. The molecule has 20 heavy (non-hydrogen) atoms. The van der Waals surface area contributed by atoms with E-state index in [0.29, 0.717) is 17.7 Å². The van der Waals surface area contributed by atoms with Crippen LogP contribution in [0.15, 0.2) is 24.3 Å². The number of hydrogen-bond donors (Lipinski definition) is 1. The molecule has 0 aliphatic carbocycles. The number of nitriles is 1. The normalized spacial score (nSPS) is 11.3. The topological polar surface area (TPSA) is 84.6 Å². The zero-order chi connectivity index (χ0) is 15.3. The van der Waals surface area contributed by atoms with Gasteiger partial charge in [0, 0.05) is 19.8 Å². The molecular weight excluding hydrogens is 258 g/mol. The lowest BCUT2D eigenvalue weighted by atomic mass is 10.2. The molecule has 1 unspecified atom stereocenters. The number of carboxylic acid groups (broad SMARTS) is 1. The summed E-state index contributed by atoms with van der Waals surface area (Å²) < 4.78 is 0. The first-order valence-electron chi connectivity index (χ1n) is 6.15. The Hall–Kier alpha value is -2.55. The number of hydrogen-bond acceptors (Lipinski definition) is 3. The highest BCUT2D eigenvalue weighted by Gasteiger charge is 2.27. The Labute approximate surface area is 117 Å². The summed E-state index contributed by atoms with van der Waals surface area (Å²) in [5, 5.41) is 17.9. The van der Waals surface area contributed by atoms with E-state index in [1.54, 1.807) is 38.2 Å². The van der Waals surface area contributed by atoms with Crippen molar-refractivity contribution in [3.05, 3.63) is 29.8 Å². The second-order valence-electron chi connectivity index (χ2n) is 4.38. The lowest BCUT2D eigenvalue weighted by Crippen LogP contribution is -2.47. The van der Waals surface area contributed by atoms with Crippen molar-refractivity contribution < 1.29 is 14.7 Å². The van der Waals surface area contributed by atoms with Crippen LogP contribution in [0.5, 0.6) is 0 Å². The smallest absolute Gasteiger partial charge is 0.326 e. The van der Waals surface area contributed by atoms with Crippen molar-refractivity contribution in [3.63, 3.8) is 0 Å². The van der Waals surface area contributed by atoms with Crippen LogP contribution < -0.4 is 4.90 Å². The molecule has 0 heterocycles. The molecule has 6 nitrogen and oxygen atoms in total. The number of carbonyl (C=O) groups is 2. The van der Waals surface area contributed by atoms with E-state index in [9.17, 15) is 9.59 Å². The van der Waals surface area contributed by atoms with Gasteiger partial charge in [-0.1, -0.05) is 13.0 Å². The summed E-state index contributed by atoms with van der Waals surface area (Å²) in [4.78, 5) is 25.8. The van der Waals surface area contributed by atoms with Gasteiger partial charge >= 0.3 is 12.0 Å². The fourth-order valence-corrected chi connectivity index (χ4v) is 1.88. The third-order valence-corrected chi connectivity index (χ3v) is 3.09. The number of urea groups is 1. The van der Waals surface area contributed by atoms with E-state index in [0.717, 1.165) is 0 Å². The van der Waals surface area contributed by atoms with Gasteiger partial charge in [0.1, 0.15) is 6.04 Å². The maximum atomic E-state index is 12.3. The van der Waals surface area contributed by atoms with Crippen molar-refractivity contribution in [2.24, 2.45) is 0 Å². The predicted octanol–water partition coefficient (Wildman–Crippen LogP) is 1.91. The Morgan fingerprint density at radius 2 is 2.05 bits per heavy atom. The second kappa shape index (κ2) is 6.57. The summed E-state index contributed by atoms with van der Waals surface area (Å²) in [7, 11) is 3.00. The maximum Gasteiger partial charge on any atom is 0.326 e. The number of carbonyl (C=O) groups excluding carboxylic acids is 1. The number of benzene rings is 1. The molecule has 0 saturated carbocycles. The van der Waals surface area contributed by atoms with Crippen LogP contribution in [0.3, 0.4) is 0 Å². The van der Waals surface area contributed by atoms with Gasteiger partial charge in [0.15, 0.2) is 0 Å². The van der Waals surface area contributed by atoms with E-state index in [-0.39, 0.29) is 0 Å². The van der Waals surface area contributed by atoms with Gasteiger partial charge in [0.2, 0.25) is 0 Å². The zero-order valence-corrected chi connectivity index (χ0v) is 11.7. The van der Waals surface area contributed by atoms with Crippen LogP contribution in [0.25, 0.3) is 0 Å². The number of rotatable bonds is 4. The largest absolute Gasteiger partial charge is 0.480 e. The molecule has 106 valence electrons. The molecule has 0 fully saturated rings. The fraction of sp³-hybridized carbons (Fsp3) is 0.357. The Morgan fingerprint density at radius 3 is 2.55 bits per heavy atom. The minimum atomic E-state index is -1.04. The number of aliphatic carboxylic acids is 1. The Bertz CT molecular complexity index is 551. The van der Waals surface area contributed by atoms with Gasteiger partial charge in [-0.05, 0) is 24.6 Å². The number of nitrogens with zero attached hydrogens (tertiary/aromatic N) is 3. The van der Waals surface area contributed by atoms with Crippen LogP contribution in [0.2, 0.25) is 0 Å². The van der Waals surface area contributed by atoms with Crippen molar-refractivity contribution >= 4 is 17.7 Å². The molecule has 0 saturated heterocycles. The molecule has 2 amide bonds. The van der Waals surface area contributed by atoms with Gasteiger partial charge in [-0.2, -0.15) is 5.26 Å². The van der Waals surface area contributed by atoms with E-state index in [2.05, 4.69) is 0 Å². The van der Waals surface area contributed by atoms with E-state index in [4.69, 9.17) is 10.4 Å². The molecule has 1 atom stereocenters. The number of carboxylic acids is 1. The number of amides is 2. The van der Waals surface area contributed by atoms with E-state index < -0.39 is 18.0 Å². The highest BCUT2D eigenvalue weighted by molar-refractivity contribution is 5.94. The van der Waals surface area contributed by atoms with Gasteiger partial charge in [0.25, 0.3) is 0 Å². The summed E-state index contributed by atoms with van der Waals surface area (Å²) in [6.07, 6.45) is 0.323. The predicted molar refractivity (Wildman–Crippen MR) is 74.4 cm³/mol.